The van der Waals surface area contributed by atoms with Crippen molar-refractivity contribution in [1.29, 1.82) is 0 Å². The zero-order valence-electron chi connectivity index (χ0n) is 10.5. The van der Waals surface area contributed by atoms with Crippen molar-refractivity contribution in [2.45, 2.75) is 46.5 Å². The van der Waals surface area contributed by atoms with E-state index in [1.165, 1.54) is 12.0 Å². The molecule has 2 heteroatoms. The molecular formula is C14H25BaS. The average Bonchev–Trinajstić information content (AvgIpc) is 2.01. The Morgan fingerprint density at radius 1 is 1.00 bits per heavy atom. The fourth-order valence-electron chi connectivity index (χ4n) is 2.27. The van der Waals surface area contributed by atoms with Gasteiger partial charge in [0.15, 0.2) is 0 Å². The molecule has 0 spiro atoms. The Bertz CT molecular complexity index is 285. The molecule has 1 rings (SSSR count). The summed E-state index contributed by atoms with van der Waals surface area (Å²) in [5.41, 5.74) is 2.04. The minimum atomic E-state index is 0. The first-order valence-electron chi connectivity index (χ1n) is 5.28. The summed E-state index contributed by atoms with van der Waals surface area (Å²) < 4.78 is 0. The summed E-state index contributed by atoms with van der Waals surface area (Å²) in [4.78, 5) is 0. The molecule has 16 heavy (non-hydrogen) atoms. The Kier molecular flexibility index (Phi) is 9.19. The van der Waals surface area contributed by atoms with E-state index in [-0.39, 0.29) is 67.8 Å². The second kappa shape index (κ2) is 7.55. The third-order valence-electron chi connectivity index (χ3n) is 2.47. The van der Waals surface area contributed by atoms with Gasteiger partial charge in [0.05, 0.1) is 0 Å². The van der Waals surface area contributed by atoms with E-state index in [9.17, 15) is 0 Å². The summed E-state index contributed by atoms with van der Waals surface area (Å²) >= 11 is 0. The number of benzene rings is 1. The van der Waals surface area contributed by atoms with Crippen LogP contribution in [0.2, 0.25) is 0 Å². The van der Waals surface area contributed by atoms with Gasteiger partial charge in [-0.05, 0) is 28.9 Å². The van der Waals surface area contributed by atoms with Crippen molar-refractivity contribution in [3.8, 4) is 0 Å². The molecule has 0 amide bonds. The monoisotopic (exact) mass is 363 g/mol. The Balaban J connectivity index is 0. The summed E-state index contributed by atoms with van der Waals surface area (Å²) in [7, 11) is 0. The van der Waals surface area contributed by atoms with Crippen LogP contribution in [0.25, 0.3) is 0 Å². The predicted molar refractivity (Wildman–Crippen MR) is 81.3 cm³/mol. The van der Waals surface area contributed by atoms with Crippen LogP contribution in [0.15, 0.2) is 24.3 Å². The number of rotatable bonds is 2. The van der Waals surface area contributed by atoms with Gasteiger partial charge >= 0.3 is 48.9 Å². The van der Waals surface area contributed by atoms with Gasteiger partial charge < -0.3 is 0 Å². The molecule has 0 bridgehead atoms. The van der Waals surface area contributed by atoms with Gasteiger partial charge in [-0.15, -0.1) is 0 Å². The molecule has 0 heterocycles. The first-order valence-corrected chi connectivity index (χ1v) is 5.28. The van der Waals surface area contributed by atoms with Crippen LogP contribution >= 0.6 is 13.5 Å². The van der Waals surface area contributed by atoms with Gasteiger partial charge in [-0.1, -0.05) is 58.9 Å². The van der Waals surface area contributed by atoms with E-state index in [1.807, 2.05) is 12.1 Å². The first kappa shape index (κ1) is 19.5. The molecule has 0 fully saturated rings. The van der Waals surface area contributed by atoms with Gasteiger partial charge in [0, 0.05) is 0 Å². The summed E-state index contributed by atoms with van der Waals surface area (Å²) in [6.45, 7) is 11.5. The van der Waals surface area contributed by atoms with Gasteiger partial charge in [-0.25, -0.2) is 0 Å². The summed E-state index contributed by atoms with van der Waals surface area (Å²) in [6.07, 6.45) is 1.20. The SMILES string of the molecule is CC(C)(C)CC(C)(C)c1cc[c]cc1.S.[BaH2]. The molecule has 1 aromatic carbocycles. The van der Waals surface area contributed by atoms with Crippen molar-refractivity contribution in [2.75, 3.05) is 0 Å². The molecule has 0 nitrogen and oxygen atoms in total. The Morgan fingerprint density at radius 2 is 1.44 bits per heavy atom. The van der Waals surface area contributed by atoms with E-state index in [4.69, 9.17) is 0 Å². The van der Waals surface area contributed by atoms with Crippen LogP contribution < -0.4 is 0 Å². The van der Waals surface area contributed by atoms with Crippen molar-refractivity contribution >= 4 is 62.4 Å². The molecule has 0 saturated heterocycles. The second-order valence-electron chi connectivity index (χ2n) is 5.91. The van der Waals surface area contributed by atoms with Crippen molar-refractivity contribution in [2.24, 2.45) is 5.41 Å². The van der Waals surface area contributed by atoms with E-state index < -0.39 is 0 Å². The van der Waals surface area contributed by atoms with Gasteiger partial charge in [-0.2, -0.15) is 13.5 Å². The molecule has 0 aliphatic carbocycles. The van der Waals surface area contributed by atoms with Gasteiger partial charge in [0.2, 0.25) is 0 Å². The standard InChI is InChI=1S/C14H21.Ba.H2S.2H/c1-13(2,3)11-14(4,5)12-9-7-6-8-10-12;;;;/h7-10H,11H2,1-5H3;;1H2;;. The molecule has 0 aliphatic heterocycles. The fourth-order valence-corrected chi connectivity index (χ4v) is 2.27. The fraction of sp³-hybridized carbons (Fsp3) is 0.571. The molecule has 0 aliphatic rings. The molecule has 0 unspecified atom stereocenters. The molecule has 0 atom stereocenters. The molecule has 0 saturated carbocycles. The van der Waals surface area contributed by atoms with E-state index in [0.29, 0.717) is 5.41 Å². The Hall–Kier alpha value is 1.14. The minimum absolute atomic E-state index is 0. The quantitative estimate of drug-likeness (QED) is 0.707. The normalized spacial score (nSPS) is 11.3. The second-order valence-corrected chi connectivity index (χ2v) is 5.91. The third kappa shape index (κ3) is 6.77. The van der Waals surface area contributed by atoms with Crippen molar-refractivity contribution in [3.63, 3.8) is 0 Å². The van der Waals surface area contributed by atoms with E-state index >= 15 is 0 Å². The summed E-state index contributed by atoms with van der Waals surface area (Å²) in [5, 5.41) is 0. The van der Waals surface area contributed by atoms with Gasteiger partial charge in [-0.3, -0.25) is 0 Å². The zero-order valence-corrected chi connectivity index (χ0v) is 11.5. The van der Waals surface area contributed by atoms with Crippen LogP contribution in [0.1, 0.15) is 46.6 Å². The summed E-state index contributed by atoms with van der Waals surface area (Å²) in [5.74, 6) is 0. The molecule has 1 radical (unpaired) electrons. The Labute approximate surface area is 148 Å². The summed E-state index contributed by atoms with van der Waals surface area (Å²) in [6, 6.07) is 11.4. The van der Waals surface area contributed by atoms with Crippen molar-refractivity contribution in [1.82, 2.24) is 0 Å². The van der Waals surface area contributed by atoms with Crippen LogP contribution in [0.4, 0.5) is 0 Å². The van der Waals surface area contributed by atoms with E-state index in [2.05, 4.69) is 52.8 Å². The van der Waals surface area contributed by atoms with Gasteiger partial charge in [0.25, 0.3) is 0 Å². The third-order valence-corrected chi connectivity index (χ3v) is 2.47. The van der Waals surface area contributed by atoms with Crippen LogP contribution in [-0.2, 0) is 5.41 Å². The number of hydrogen-bond acceptors (Lipinski definition) is 0. The van der Waals surface area contributed by atoms with Crippen LogP contribution in [0.5, 0.6) is 0 Å². The topological polar surface area (TPSA) is 0 Å². The van der Waals surface area contributed by atoms with Crippen LogP contribution in [0, 0.1) is 11.5 Å². The maximum atomic E-state index is 3.07. The first-order chi connectivity index (χ1) is 6.31. The molecule has 89 valence electrons. The van der Waals surface area contributed by atoms with E-state index in [1.54, 1.807) is 0 Å². The maximum absolute atomic E-state index is 3.07. The van der Waals surface area contributed by atoms with Gasteiger partial charge in [0.1, 0.15) is 0 Å². The van der Waals surface area contributed by atoms with Crippen LogP contribution in [-0.4, -0.2) is 48.9 Å². The zero-order chi connectivity index (χ0) is 10.8. The van der Waals surface area contributed by atoms with Crippen LogP contribution in [0.3, 0.4) is 0 Å². The molecule has 0 N–H and O–H groups in total. The molecule has 0 aromatic heterocycles. The average molecular weight is 363 g/mol. The van der Waals surface area contributed by atoms with E-state index in [0.717, 1.165) is 0 Å². The van der Waals surface area contributed by atoms with Crippen molar-refractivity contribution < 1.29 is 0 Å². The predicted octanol–water partition coefficient (Wildman–Crippen LogP) is 3.40. The van der Waals surface area contributed by atoms with Crippen molar-refractivity contribution in [3.05, 3.63) is 35.9 Å². The number of hydrogen-bond donors (Lipinski definition) is 0. The Morgan fingerprint density at radius 3 is 1.81 bits per heavy atom. The molecular weight excluding hydrogens is 338 g/mol. The molecule has 1 aromatic rings.